The smallest absolute Gasteiger partial charge is 0.406 e. The molecular formula is C28H21F6N5O3S. The van der Waals surface area contributed by atoms with E-state index in [1.165, 1.54) is 39.7 Å². The second-order valence-corrected chi connectivity index (χ2v) is 11.4. The van der Waals surface area contributed by atoms with E-state index in [0.29, 0.717) is 22.4 Å². The van der Waals surface area contributed by atoms with Gasteiger partial charge in [-0.2, -0.15) is 13.2 Å². The Morgan fingerprint density at radius 3 is 2.16 bits per heavy atom. The number of ether oxygens (including phenoxy) is 1. The zero-order chi connectivity index (χ0) is 31.2. The molecule has 0 radical (unpaired) electrons. The Balaban J connectivity index is 1.70. The topological polar surface area (TPSA) is 91.9 Å². The monoisotopic (exact) mass is 621 g/mol. The van der Waals surface area contributed by atoms with Gasteiger partial charge in [0.15, 0.2) is 15.5 Å². The predicted octanol–water partition coefficient (Wildman–Crippen LogP) is 6.67. The van der Waals surface area contributed by atoms with Gasteiger partial charge in [-0.3, -0.25) is 0 Å². The second kappa shape index (κ2) is 10.9. The number of halogens is 6. The summed E-state index contributed by atoms with van der Waals surface area (Å²) >= 11 is 0. The number of alkyl halides is 6. The normalized spacial score (nSPS) is 12.5. The standard InChI is InChI=1S/C28H21F6N5O3S/c1-3-26-36-25(27(29,30)31)16-38(26)22-12-9-19(18-5-4-6-21(13-18)43(2,40)41)14-23(22)39-24(15-35-37-39)17-7-10-20(11-8-17)42-28(32,33)34/h4-16H,3H2,1-2H3. The molecule has 0 saturated heterocycles. The van der Waals surface area contributed by atoms with Crippen molar-refractivity contribution in [2.75, 3.05) is 6.26 Å². The largest absolute Gasteiger partial charge is 0.573 e. The Morgan fingerprint density at radius 2 is 1.53 bits per heavy atom. The lowest BCUT2D eigenvalue weighted by molar-refractivity contribution is -0.274. The number of benzene rings is 3. The maximum atomic E-state index is 13.6. The van der Waals surface area contributed by atoms with E-state index < -0.39 is 33.8 Å². The van der Waals surface area contributed by atoms with E-state index in [1.54, 1.807) is 37.3 Å². The first kappa shape index (κ1) is 29.8. The summed E-state index contributed by atoms with van der Waals surface area (Å²) in [4.78, 5) is 3.82. The summed E-state index contributed by atoms with van der Waals surface area (Å²) in [5, 5.41) is 8.08. The summed E-state index contributed by atoms with van der Waals surface area (Å²) in [6, 6.07) is 15.8. The molecule has 0 bridgehead atoms. The first-order valence-corrected chi connectivity index (χ1v) is 14.4. The Hall–Kier alpha value is -4.66. The molecule has 0 unspecified atom stereocenters. The van der Waals surface area contributed by atoms with Crippen LogP contribution in [0.25, 0.3) is 33.8 Å². The van der Waals surface area contributed by atoms with Gasteiger partial charge in [0.05, 0.1) is 28.2 Å². The van der Waals surface area contributed by atoms with Crippen LogP contribution in [0.4, 0.5) is 26.3 Å². The lowest BCUT2D eigenvalue weighted by Gasteiger charge is -2.16. The highest BCUT2D eigenvalue weighted by molar-refractivity contribution is 7.90. The molecule has 0 atom stereocenters. The van der Waals surface area contributed by atoms with Crippen molar-refractivity contribution in [1.82, 2.24) is 24.5 Å². The van der Waals surface area contributed by atoms with Gasteiger partial charge in [-0.15, -0.1) is 18.3 Å². The van der Waals surface area contributed by atoms with Crippen LogP contribution in [0.15, 0.2) is 84.0 Å². The van der Waals surface area contributed by atoms with Crippen molar-refractivity contribution in [2.45, 2.75) is 30.8 Å². The highest BCUT2D eigenvalue weighted by Gasteiger charge is 2.35. The van der Waals surface area contributed by atoms with Crippen LogP contribution in [-0.4, -0.2) is 45.6 Å². The molecule has 0 spiro atoms. The number of sulfone groups is 1. The molecule has 2 aromatic heterocycles. The van der Waals surface area contributed by atoms with Crippen LogP contribution in [0, 0.1) is 0 Å². The molecule has 224 valence electrons. The van der Waals surface area contributed by atoms with E-state index in [9.17, 15) is 34.8 Å². The third kappa shape index (κ3) is 6.40. The first-order chi connectivity index (χ1) is 20.1. The summed E-state index contributed by atoms with van der Waals surface area (Å²) in [5.74, 6) is -0.342. The van der Waals surface area contributed by atoms with Crippen molar-refractivity contribution in [1.29, 1.82) is 0 Å². The molecule has 0 aliphatic rings. The zero-order valence-electron chi connectivity index (χ0n) is 22.3. The van der Waals surface area contributed by atoms with Gasteiger partial charge in [0, 0.05) is 24.4 Å². The van der Waals surface area contributed by atoms with Crippen LogP contribution in [-0.2, 0) is 22.4 Å². The molecule has 0 N–H and O–H groups in total. The van der Waals surface area contributed by atoms with Crippen LogP contribution >= 0.6 is 0 Å². The Morgan fingerprint density at radius 1 is 0.860 bits per heavy atom. The van der Waals surface area contributed by atoms with Gasteiger partial charge >= 0.3 is 12.5 Å². The lowest BCUT2D eigenvalue weighted by atomic mass is 10.0. The minimum atomic E-state index is -4.88. The molecule has 2 heterocycles. The van der Waals surface area contributed by atoms with Crippen LogP contribution in [0.1, 0.15) is 18.4 Å². The van der Waals surface area contributed by atoms with Crippen molar-refractivity contribution in [2.24, 2.45) is 0 Å². The molecule has 0 saturated carbocycles. The second-order valence-electron chi connectivity index (χ2n) is 9.37. The van der Waals surface area contributed by atoms with Crippen LogP contribution < -0.4 is 4.74 Å². The van der Waals surface area contributed by atoms with Gasteiger partial charge < -0.3 is 9.30 Å². The third-order valence-electron chi connectivity index (χ3n) is 6.38. The number of nitrogens with zero attached hydrogens (tertiary/aromatic N) is 5. The first-order valence-electron chi connectivity index (χ1n) is 12.5. The third-order valence-corrected chi connectivity index (χ3v) is 7.49. The number of aryl methyl sites for hydroxylation is 1. The molecular weight excluding hydrogens is 600 g/mol. The number of rotatable bonds is 7. The molecule has 0 aliphatic heterocycles. The minimum Gasteiger partial charge on any atom is -0.406 e. The van der Waals surface area contributed by atoms with Gasteiger partial charge in [-0.1, -0.05) is 30.3 Å². The highest BCUT2D eigenvalue weighted by atomic mass is 32.2. The van der Waals surface area contributed by atoms with E-state index in [4.69, 9.17) is 0 Å². The summed E-state index contributed by atoms with van der Waals surface area (Å²) < 4.78 is 110. The summed E-state index contributed by atoms with van der Waals surface area (Å²) in [5.41, 5.74) is 1.08. The minimum absolute atomic E-state index is 0.0657. The van der Waals surface area contributed by atoms with Crippen molar-refractivity contribution in [3.05, 3.63) is 90.6 Å². The van der Waals surface area contributed by atoms with Gasteiger partial charge in [-0.25, -0.2) is 18.1 Å². The van der Waals surface area contributed by atoms with Crippen LogP contribution in [0.5, 0.6) is 5.75 Å². The molecule has 15 heteroatoms. The number of hydrogen-bond donors (Lipinski definition) is 0. The Kier molecular flexibility index (Phi) is 7.54. The van der Waals surface area contributed by atoms with E-state index in [-0.39, 0.29) is 28.5 Å². The van der Waals surface area contributed by atoms with Crippen LogP contribution in [0.2, 0.25) is 0 Å². The Bertz CT molecular complexity index is 1900. The van der Waals surface area contributed by atoms with Gasteiger partial charge in [0.2, 0.25) is 0 Å². The maximum absolute atomic E-state index is 13.6. The maximum Gasteiger partial charge on any atom is 0.573 e. The molecule has 0 amide bonds. The van der Waals surface area contributed by atoms with Crippen LogP contribution in [0.3, 0.4) is 0 Å². The van der Waals surface area contributed by atoms with E-state index in [0.717, 1.165) is 24.6 Å². The molecule has 43 heavy (non-hydrogen) atoms. The van der Waals surface area contributed by atoms with Crippen molar-refractivity contribution >= 4 is 9.84 Å². The molecule has 5 rings (SSSR count). The fourth-order valence-corrected chi connectivity index (χ4v) is 5.10. The fourth-order valence-electron chi connectivity index (χ4n) is 4.43. The number of hydrogen-bond acceptors (Lipinski definition) is 6. The molecule has 5 aromatic rings. The molecule has 3 aromatic carbocycles. The average Bonchev–Trinajstić information content (AvgIpc) is 3.60. The van der Waals surface area contributed by atoms with Crippen molar-refractivity contribution < 1.29 is 39.5 Å². The zero-order valence-corrected chi connectivity index (χ0v) is 23.2. The number of imidazole rings is 1. The van der Waals surface area contributed by atoms with Gasteiger partial charge in [-0.05, 0) is 59.7 Å². The number of aromatic nitrogens is 5. The SMILES string of the molecule is CCc1nc(C(F)(F)F)cn1-c1ccc(-c2cccc(S(C)(=O)=O)c2)cc1-n1nncc1-c1ccc(OC(F)(F)F)cc1. The Labute approximate surface area is 241 Å². The average molecular weight is 622 g/mol. The van der Waals surface area contributed by atoms with Gasteiger partial charge in [0.25, 0.3) is 0 Å². The summed E-state index contributed by atoms with van der Waals surface area (Å²) in [6.45, 7) is 1.65. The van der Waals surface area contributed by atoms with E-state index >= 15 is 0 Å². The summed E-state index contributed by atoms with van der Waals surface area (Å²) in [7, 11) is -3.54. The van der Waals surface area contributed by atoms with E-state index in [1.807, 2.05) is 0 Å². The van der Waals surface area contributed by atoms with Crippen molar-refractivity contribution in [3.63, 3.8) is 0 Å². The molecule has 8 nitrogen and oxygen atoms in total. The van der Waals surface area contributed by atoms with E-state index in [2.05, 4.69) is 20.0 Å². The molecule has 0 fully saturated rings. The molecule has 0 aliphatic carbocycles. The van der Waals surface area contributed by atoms with Gasteiger partial charge in [0.1, 0.15) is 11.6 Å². The predicted molar refractivity (Wildman–Crippen MR) is 144 cm³/mol. The fraction of sp³-hybridized carbons (Fsp3) is 0.179. The summed E-state index contributed by atoms with van der Waals surface area (Å²) in [6.07, 6.45) is -6.17. The quantitative estimate of drug-likeness (QED) is 0.189. The highest BCUT2D eigenvalue weighted by Crippen LogP contribution is 2.35. The van der Waals surface area contributed by atoms with Crippen molar-refractivity contribution in [3.8, 4) is 39.5 Å². The lowest BCUT2D eigenvalue weighted by Crippen LogP contribution is -2.16.